The van der Waals surface area contributed by atoms with Gasteiger partial charge in [0.05, 0.1) is 6.04 Å². The molecule has 1 aromatic rings. The molecule has 1 aliphatic heterocycles. The molecular formula is C11H11BrFNS2. The van der Waals surface area contributed by atoms with E-state index in [1.807, 2.05) is 0 Å². The summed E-state index contributed by atoms with van der Waals surface area (Å²) in [5.41, 5.74) is 0.979. The molecule has 1 nitrogen and oxygen atoms in total. The van der Waals surface area contributed by atoms with Crippen LogP contribution >= 0.6 is 39.5 Å². The van der Waals surface area contributed by atoms with Crippen LogP contribution in [0.2, 0.25) is 0 Å². The number of hydrogen-bond acceptors (Lipinski definition) is 3. The van der Waals surface area contributed by atoms with E-state index < -0.39 is 0 Å². The van der Waals surface area contributed by atoms with Gasteiger partial charge in [0.25, 0.3) is 0 Å². The molecule has 1 aliphatic rings. The first kappa shape index (κ1) is 12.5. The lowest BCUT2D eigenvalue weighted by molar-refractivity contribution is 0.626. The van der Waals surface area contributed by atoms with Gasteiger partial charge in [-0.3, -0.25) is 4.99 Å². The van der Waals surface area contributed by atoms with Crippen LogP contribution in [0.5, 0.6) is 0 Å². The average molecular weight is 320 g/mol. The fourth-order valence-electron chi connectivity index (χ4n) is 1.32. The standard InChI is InChI=1S/C11H11BrFNS2/c1-7-5-15-11(14-7)16-6-8-4-9(13)2-3-10(8)12/h2-4,7H,5-6H2,1H3. The second kappa shape index (κ2) is 5.56. The van der Waals surface area contributed by atoms with Gasteiger partial charge in [-0.15, -0.1) is 0 Å². The molecule has 0 aromatic heterocycles. The van der Waals surface area contributed by atoms with Crippen LogP contribution in [-0.2, 0) is 5.75 Å². The van der Waals surface area contributed by atoms with Gasteiger partial charge in [0, 0.05) is 16.0 Å². The minimum atomic E-state index is -0.187. The first-order valence-corrected chi connectivity index (χ1v) is 7.69. The summed E-state index contributed by atoms with van der Waals surface area (Å²) in [5.74, 6) is 1.64. The quantitative estimate of drug-likeness (QED) is 0.805. The molecule has 5 heteroatoms. The zero-order valence-electron chi connectivity index (χ0n) is 8.74. The molecule has 86 valence electrons. The van der Waals surface area contributed by atoms with E-state index in [1.54, 1.807) is 35.7 Å². The van der Waals surface area contributed by atoms with Gasteiger partial charge in [0.15, 0.2) is 0 Å². The van der Waals surface area contributed by atoms with Crippen molar-refractivity contribution in [1.82, 2.24) is 0 Å². The van der Waals surface area contributed by atoms with E-state index in [-0.39, 0.29) is 5.82 Å². The fraction of sp³-hybridized carbons (Fsp3) is 0.364. The molecule has 1 atom stereocenters. The number of rotatable bonds is 2. The van der Waals surface area contributed by atoms with Gasteiger partial charge in [-0.1, -0.05) is 39.5 Å². The monoisotopic (exact) mass is 319 g/mol. The maximum absolute atomic E-state index is 13.0. The lowest BCUT2D eigenvalue weighted by Gasteiger charge is -2.03. The Morgan fingerprint density at radius 2 is 2.44 bits per heavy atom. The zero-order chi connectivity index (χ0) is 11.5. The highest BCUT2D eigenvalue weighted by atomic mass is 79.9. The maximum Gasteiger partial charge on any atom is 0.125 e. The van der Waals surface area contributed by atoms with Crippen LogP contribution in [0, 0.1) is 5.82 Å². The van der Waals surface area contributed by atoms with Crippen molar-refractivity contribution in [3.8, 4) is 0 Å². The van der Waals surface area contributed by atoms with Crippen LogP contribution in [0.15, 0.2) is 27.7 Å². The van der Waals surface area contributed by atoms with Gasteiger partial charge in [0.2, 0.25) is 0 Å². The van der Waals surface area contributed by atoms with Crippen LogP contribution in [0.4, 0.5) is 4.39 Å². The molecule has 2 rings (SSSR count). The van der Waals surface area contributed by atoms with Crippen LogP contribution in [-0.4, -0.2) is 16.2 Å². The van der Waals surface area contributed by atoms with Crippen LogP contribution in [0.1, 0.15) is 12.5 Å². The predicted octanol–water partition coefficient (Wildman–Crippen LogP) is 4.31. The number of aliphatic imine (C=N–C) groups is 1. The van der Waals surface area contributed by atoms with Crippen molar-refractivity contribution in [1.29, 1.82) is 0 Å². The smallest absolute Gasteiger partial charge is 0.125 e. The molecule has 1 unspecified atom stereocenters. The van der Waals surface area contributed by atoms with Gasteiger partial charge in [-0.2, -0.15) is 0 Å². The summed E-state index contributed by atoms with van der Waals surface area (Å²) in [6.07, 6.45) is 0. The normalized spacial score (nSPS) is 19.9. The number of hydrogen-bond donors (Lipinski definition) is 0. The van der Waals surface area contributed by atoms with Crippen molar-refractivity contribution >= 4 is 43.8 Å². The maximum atomic E-state index is 13.0. The molecule has 0 bridgehead atoms. The van der Waals surface area contributed by atoms with E-state index in [2.05, 4.69) is 27.8 Å². The van der Waals surface area contributed by atoms with Gasteiger partial charge < -0.3 is 0 Å². The molecule has 0 spiro atoms. The third-order valence-electron chi connectivity index (χ3n) is 2.13. The van der Waals surface area contributed by atoms with Crippen molar-refractivity contribution in [2.24, 2.45) is 4.99 Å². The molecule has 1 heterocycles. The molecule has 0 saturated carbocycles. The van der Waals surface area contributed by atoms with E-state index >= 15 is 0 Å². The highest BCUT2D eigenvalue weighted by Gasteiger charge is 2.14. The molecule has 1 aromatic carbocycles. The Labute approximate surface area is 111 Å². The molecule has 0 aliphatic carbocycles. The Hall–Kier alpha value is -0.000000000000000111. The second-order valence-electron chi connectivity index (χ2n) is 3.58. The topological polar surface area (TPSA) is 12.4 Å². The largest absolute Gasteiger partial charge is 0.268 e. The molecular weight excluding hydrogens is 309 g/mol. The molecule has 0 fully saturated rings. The lowest BCUT2D eigenvalue weighted by Crippen LogP contribution is -1.92. The average Bonchev–Trinajstić information content (AvgIpc) is 2.66. The summed E-state index contributed by atoms with van der Waals surface area (Å²) in [6.45, 7) is 2.11. The van der Waals surface area contributed by atoms with Gasteiger partial charge >= 0.3 is 0 Å². The number of nitrogens with zero attached hydrogens (tertiary/aromatic N) is 1. The summed E-state index contributed by atoms with van der Waals surface area (Å²) in [4.78, 5) is 4.49. The van der Waals surface area contributed by atoms with Crippen molar-refractivity contribution in [3.05, 3.63) is 34.1 Å². The third kappa shape index (κ3) is 3.25. The Bertz CT molecular complexity index is 422. The number of benzene rings is 1. The van der Waals surface area contributed by atoms with Crippen LogP contribution < -0.4 is 0 Å². The number of thioether (sulfide) groups is 2. The number of halogens is 2. The Morgan fingerprint density at radius 3 is 3.12 bits per heavy atom. The zero-order valence-corrected chi connectivity index (χ0v) is 12.0. The summed E-state index contributed by atoms with van der Waals surface area (Å²) < 4.78 is 15.1. The van der Waals surface area contributed by atoms with E-state index in [0.29, 0.717) is 6.04 Å². The molecule has 0 amide bonds. The van der Waals surface area contributed by atoms with E-state index in [9.17, 15) is 4.39 Å². The van der Waals surface area contributed by atoms with Gasteiger partial charge in [-0.05, 0) is 30.7 Å². The van der Waals surface area contributed by atoms with Crippen LogP contribution in [0.25, 0.3) is 0 Å². The summed E-state index contributed by atoms with van der Waals surface area (Å²) in [5, 5.41) is 0. The fourth-order valence-corrected chi connectivity index (χ4v) is 4.09. The van der Waals surface area contributed by atoms with Crippen molar-refractivity contribution in [3.63, 3.8) is 0 Å². The van der Waals surface area contributed by atoms with Crippen molar-refractivity contribution < 1.29 is 4.39 Å². The minimum absolute atomic E-state index is 0.187. The highest BCUT2D eigenvalue weighted by molar-refractivity contribution is 9.10. The summed E-state index contributed by atoms with van der Waals surface area (Å²) in [6, 6.07) is 5.20. The molecule has 0 N–H and O–H groups in total. The van der Waals surface area contributed by atoms with Crippen molar-refractivity contribution in [2.75, 3.05) is 5.75 Å². The minimum Gasteiger partial charge on any atom is -0.268 e. The molecule has 0 radical (unpaired) electrons. The Morgan fingerprint density at radius 1 is 1.62 bits per heavy atom. The van der Waals surface area contributed by atoms with E-state index in [4.69, 9.17) is 0 Å². The highest BCUT2D eigenvalue weighted by Crippen LogP contribution is 2.30. The van der Waals surface area contributed by atoms with Gasteiger partial charge in [-0.25, -0.2) is 4.39 Å². The third-order valence-corrected chi connectivity index (χ3v) is 5.42. The Kier molecular flexibility index (Phi) is 4.33. The lowest BCUT2D eigenvalue weighted by atomic mass is 10.2. The van der Waals surface area contributed by atoms with E-state index in [0.717, 1.165) is 25.9 Å². The summed E-state index contributed by atoms with van der Waals surface area (Å²) in [7, 11) is 0. The summed E-state index contributed by atoms with van der Waals surface area (Å²) >= 11 is 6.89. The predicted molar refractivity (Wildman–Crippen MR) is 74.8 cm³/mol. The van der Waals surface area contributed by atoms with Gasteiger partial charge in [0.1, 0.15) is 10.2 Å². The first-order valence-electron chi connectivity index (χ1n) is 4.92. The van der Waals surface area contributed by atoms with Crippen molar-refractivity contribution in [2.45, 2.75) is 18.7 Å². The van der Waals surface area contributed by atoms with Crippen LogP contribution in [0.3, 0.4) is 0 Å². The second-order valence-corrected chi connectivity index (χ2v) is 6.66. The molecule has 16 heavy (non-hydrogen) atoms. The SMILES string of the molecule is CC1CSC(SCc2cc(F)ccc2Br)=N1. The van der Waals surface area contributed by atoms with E-state index in [1.165, 1.54) is 6.07 Å². The molecule has 0 saturated heterocycles. The first-order chi connectivity index (χ1) is 7.65. The Balaban J connectivity index is 1.99.